The highest BCUT2D eigenvalue weighted by molar-refractivity contribution is 7.66. The van der Waals surface area contributed by atoms with E-state index in [1.165, 1.54) is 0 Å². The minimum atomic E-state index is -5.83. The lowest BCUT2D eigenvalue weighted by atomic mass is 9.93. The van der Waals surface area contributed by atoms with Crippen LogP contribution in [0.5, 0.6) is 0 Å². The predicted molar refractivity (Wildman–Crippen MR) is 102 cm³/mol. The van der Waals surface area contributed by atoms with Gasteiger partial charge in [0.25, 0.3) is 5.56 Å². The van der Waals surface area contributed by atoms with Crippen molar-refractivity contribution in [1.82, 2.24) is 14.8 Å². The number of aliphatic hydroxyl groups is 2. The molecule has 0 aliphatic carbocycles. The molecule has 2 heterocycles. The number of hydrogen-bond donors (Lipinski definition) is 7. The van der Waals surface area contributed by atoms with E-state index in [9.17, 15) is 43.3 Å². The molecular formula is C11H15ClN3O15P3. The molecule has 7 N–H and O–H groups in total. The van der Waals surface area contributed by atoms with Crippen LogP contribution in [0.1, 0.15) is 13.2 Å². The molecule has 22 heteroatoms. The first-order chi connectivity index (χ1) is 14.9. The molecule has 0 spiro atoms. The maximum atomic E-state index is 12.0. The van der Waals surface area contributed by atoms with Crippen LogP contribution in [-0.4, -0.2) is 68.5 Å². The Balaban J connectivity index is 2.32. The van der Waals surface area contributed by atoms with Crippen molar-refractivity contribution in [2.75, 3.05) is 0 Å². The zero-order valence-corrected chi connectivity index (χ0v) is 19.3. The Hall–Kier alpha value is -1.25. The number of aliphatic hydroxyl groups excluding tert-OH is 1. The molecule has 1 aromatic heterocycles. The Bertz CT molecular complexity index is 1220. The molecule has 0 saturated carbocycles. The zero-order valence-electron chi connectivity index (χ0n) is 15.9. The van der Waals surface area contributed by atoms with Gasteiger partial charge in [-0.1, -0.05) is 0 Å². The summed E-state index contributed by atoms with van der Waals surface area (Å²) in [5.41, 5.74) is -4.83. The second-order valence-electron chi connectivity index (χ2n) is 6.23. The number of phosphoric ester groups is 1. The Labute approximate surface area is 187 Å². The molecule has 186 valence electrons. The molecule has 0 aromatic carbocycles. The van der Waals surface area contributed by atoms with Crippen LogP contribution in [0.25, 0.3) is 0 Å². The minimum Gasteiger partial charge on any atom is -0.386 e. The van der Waals surface area contributed by atoms with Crippen molar-refractivity contribution in [2.24, 2.45) is 0 Å². The van der Waals surface area contributed by atoms with Crippen molar-refractivity contribution in [3.63, 3.8) is 0 Å². The van der Waals surface area contributed by atoms with Gasteiger partial charge in [-0.25, -0.2) is 18.5 Å². The van der Waals surface area contributed by atoms with E-state index >= 15 is 0 Å². The maximum absolute atomic E-state index is 12.0. The molecule has 1 aliphatic heterocycles. The molecular weight excluding hydrogens is 543 g/mol. The van der Waals surface area contributed by atoms with Gasteiger partial charge in [-0.2, -0.15) is 18.4 Å². The lowest BCUT2D eigenvalue weighted by Crippen LogP contribution is -2.49. The van der Waals surface area contributed by atoms with Crippen LogP contribution in [0.15, 0.2) is 15.8 Å². The minimum absolute atomic E-state index is 0.364. The molecule has 0 bridgehead atoms. The number of phosphoric acid groups is 3. The summed E-state index contributed by atoms with van der Waals surface area (Å²) >= 11 is 5.29. The smallest absolute Gasteiger partial charge is 0.386 e. The van der Waals surface area contributed by atoms with Gasteiger partial charge in [0.1, 0.15) is 18.4 Å². The lowest BCUT2D eigenvalue weighted by molar-refractivity contribution is -0.0933. The van der Waals surface area contributed by atoms with Gasteiger partial charge >= 0.3 is 29.2 Å². The SMILES string of the molecule is C[C@H](OP(=O)(O)OP(=O)(O)OP(=O)(O)O)[C@H]1O[C@@H](n2ncc(=O)[nH]c2=O)C(O)(C#CCl)C1O. The molecule has 2 rings (SSSR count). The summed E-state index contributed by atoms with van der Waals surface area (Å²) < 4.78 is 51.4. The summed E-state index contributed by atoms with van der Waals surface area (Å²) in [7, 11) is -17.1. The van der Waals surface area contributed by atoms with E-state index in [0.29, 0.717) is 10.9 Å². The summed E-state index contributed by atoms with van der Waals surface area (Å²) in [6.45, 7) is 0.937. The molecule has 18 nitrogen and oxygen atoms in total. The van der Waals surface area contributed by atoms with Crippen molar-refractivity contribution in [3.8, 4) is 11.3 Å². The topological polar surface area (TPSA) is 277 Å². The first-order valence-electron chi connectivity index (χ1n) is 8.10. The van der Waals surface area contributed by atoms with Crippen molar-refractivity contribution in [1.29, 1.82) is 0 Å². The largest absolute Gasteiger partial charge is 0.490 e. The van der Waals surface area contributed by atoms with E-state index in [4.69, 9.17) is 26.1 Å². The third-order valence-corrected chi connectivity index (χ3v) is 7.83. The van der Waals surface area contributed by atoms with E-state index in [1.807, 2.05) is 5.92 Å². The standard InChI is InChI=1S/C11H15ClN3O15P3/c1-5(28-32(23,24)30-33(25,26)29-31(20,21)22)7-8(17)11(19,2-3-12)9(27-7)15-10(18)14-6(16)4-13-15/h4-5,7-9,17,19H,1H3,(H,23,24)(H,25,26)(H,14,16,18)(H2,20,21,22)/t5-,7+,8?,9+,11?/m0/s1. The third kappa shape index (κ3) is 6.89. The van der Waals surface area contributed by atoms with Gasteiger partial charge < -0.3 is 34.5 Å². The maximum Gasteiger partial charge on any atom is 0.490 e. The summed E-state index contributed by atoms with van der Waals surface area (Å²) in [5, 5.41) is 26.5. The number of ether oxygens (including phenoxy) is 1. The van der Waals surface area contributed by atoms with Crippen LogP contribution >= 0.6 is 35.1 Å². The summed E-state index contributed by atoms with van der Waals surface area (Å²) in [6.07, 6.45) is -7.12. The molecule has 0 amide bonds. The second kappa shape index (κ2) is 9.78. The van der Waals surface area contributed by atoms with Crippen molar-refractivity contribution < 1.29 is 61.4 Å². The summed E-state index contributed by atoms with van der Waals surface area (Å²) in [6, 6.07) is 0. The van der Waals surface area contributed by atoms with E-state index in [0.717, 1.165) is 6.92 Å². The molecule has 0 radical (unpaired) electrons. The molecule has 1 aromatic rings. The van der Waals surface area contributed by atoms with E-state index < -0.39 is 64.9 Å². The number of halogens is 1. The van der Waals surface area contributed by atoms with Crippen LogP contribution in [0.3, 0.4) is 0 Å². The molecule has 7 atom stereocenters. The van der Waals surface area contributed by atoms with Gasteiger partial charge in [0.05, 0.1) is 6.10 Å². The van der Waals surface area contributed by atoms with Gasteiger partial charge in [0.2, 0.25) is 5.60 Å². The Morgan fingerprint density at radius 3 is 2.36 bits per heavy atom. The summed E-state index contributed by atoms with van der Waals surface area (Å²) in [5.74, 6) is 1.97. The molecule has 4 unspecified atom stereocenters. The number of aromatic nitrogens is 3. The Kier molecular flexibility index (Phi) is 8.30. The molecule has 33 heavy (non-hydrogen) atoms. The number of aromatic amines is 1. The van der Waals surface area contributed by atoms with Crippen molar-refractivity contribution >= 4 is 35.1 Å². The quantitative estimate of drug-likeness (QED) is 0.132. The fourth-order valence-electron chi connectivity index (χ4n) is 2.64. The average molecular weight is 558 g/mol. The first-order valence-corrected chi connectivity index (χ1v) is 13.0. The molecule has 1 saturated heterocycles. The summed E-state index contributed by atoms with van der Waals surface area (Å²) in [4.78, 5) is 60.9. The number of rotatable bonds is 8. The normalized spacial score (nSPS) is 30.0. The highest BCUT2D eigenvalue weighted by Crippen LogP contribution is 2.66. The fourth-order valence-corrected chi connectivity index (χ4v) is 6.00. The predicted octanol–water partition coefficient (Wildman–Crippen LogP) is -2.15. The van der Waals surface area contributed by atoms with Crippen LogP contribution in [0, 0.1) is 11.3 Å². The molecule has 1 aliphatic rings. The molecule has 1 fully saturated rings. The van der Waals surface area contributed by atoms with E-state index in [2.05, 4.69) is 18.2 Å². The van der Waals surface area contributed by atoms with Crippen LogP contribution in [0.2, 0.25) is 0 Å². The van der Waals surface area contributed by atoms with E-state index in [1.54, 1.807) is 10.4 Å². The Morgan fingerprint density at radius 1 is 1.24 bits per heavy atom. The number of nitrogens with zero attached hydrogens (tertiary/aromatic N) is 2. The van der Waals surface area contributed by atoms with Crippen LogP contribution in [-0.2, 0) is 31.6 Å². The highest BCUT2D eigenvalue weighted by atomic mass is 35.5. The van der Waals surface area contributed by atoms with Gasteiger partial charge in [-0.05, 0) is 24.4 Å². The first kappa shape index (κ1) is 28.0. The van der Waals surface area contributed by atoms with Crippen molar-refractivity contribution in [2.45, 2.75) is 37.1 Å². The van der Waals surface area contributed by atoms with Gasteiger partial charge in [0, 0.05) is 5.38 Å². The number of nitrogens with one attached hydrogen (secondary N) is 1. The number of hydrogen-bond acceptors (Lipinski definition) is 12. The van der Waals surface area contributed by atoms with Crippen molar-refractivity contribution in [3.05, 3.63) is 27.0 Å². The number of H-pyrrole nitrogens is 1. The van der Waals surface area contributed by atoms with Gasteiger partial charge in [-0.3, -0.25) is 14.3 Å². The second-order valence-corrected chi connectivity index (χ2v) is 10.8. The Morgan fingerprint density at radius 2 is 1.85 bits per heavy atom. The van der Waals surface area contributed by atoms with Gasteiger partial charge in [0.15, 0.2) is 6.23 Å². The highest BCUT2D eigenvalue weighted by Gasteiger charge is 2.59. The van der Waals surface area contributed by atoms with Crippen LogP contribution in [0.4, 0.5) is 0 Å². The van der Waals surface area contributed by atoms with Gasteiger partial charge in [-0.15, -0.1) is 0 Å². The van der Waals surface area contributed by atoms with Crippen LogP contribution < -0.4 is 11.2 Å². The van der Waals surface area contributed by atoms with E-state index in [-0.39, 0.29) is 0 Å². The monoisotopic (exact) mass is 557 g/mol. The average Bonchev–Trinajstić information content (AvgIpc) is 2.83. The third-order valence-electron chi connectivity index (χ3n) is 3.81. The zero-order chi connectivity index (χ0) is 25.4. The fraction of sp³-hybridized carbons (Fsp3) is 0.545. The lowest BCUT2D eigenvalue weighted by Gasteiger charge is -2.26.